The number of allylic oxidation sites excluding steroid dienone is 1. The molecule has 0 unspecified atom stereocenters. The Morgan fingerprint density at radius 1 is 0.435 bits per heavy atom. The molecule has 0 atom stereocenters. The number of fused-ring (bicyclic) bond motifs is 3. The summed E-state index contributed by atoms with van der Waals surface area (Å²) in [6.07, 6.45) is 4.31. The maximum atomic E-state index is 6.93. The normalized spacial score (nSPS) is 13.6. The first kappa shape index (κ1) is 45.4. The van der Waals surface area contributed by atoms with Crippen LogP contribution in [0.2, 0.25) is 0 Å². The first-order valence-electron chi connectivity index (χ1n) is 24.4. The van der Waals surface area contributed by atoms with Crippen molar-refractivity contribution < 1.29 is 4.74 Å². The van der Waals surface area contributed by atoms with Crippen LogP contribution in [0.4, 0.5) is 11.4 Å². The van der Waals surface area contributed by atoms with Crippen LogP contribution < -0.4 is 14.5 Å². The van der Waals surface area contributed by atoms with Gasteiger partial charge >= 0.3 is 0 Å². The minimum atomic E-state index is -0.316. The molecule has 346 valence electrons. The number of benzene rings is 7. The lowest BCUT2D eigenvalue weighted by molar-refractivity contribution is 0.483. The largest absolute Gasteiger partial charge is 0.457 e. The molecule has 7 aromatic carbocycles. The Hall–Kier alpha value is -7.37. The van der Waals surface area contributed by atoms with Gasteiger partial charge in [0.25, 0.3) is 0 Å². The lowest BCUT2D eigenvalue weighted by atomic mass is 9.78. The smallest absolute Gasteiger partial charge is 0.137 e. The summed E-state index contributed by atoms with van der Waals surface area (Å²) in [7, 11) is 0. The zero-order valence-electron chi connectivity index (χ0n) is 41.9. The summed E-state index contributed by atoms with van der Waals surface area (Å²) < 4.78 is 9.24. The standard InChI is InChI=1S/C64H64N4O/c1-61(2,3)48-29-32-57-56(38-48)55-31-30-54(41-58(55)68(57)60-39-49(33-34-65-60)63(7,8)46-23-16-12-17-24-46)69-53-28-20-27-51(40-53)67-43-66(42-59(67)64(9,10)47-25-18-13-19-26-47)52-36-45(44-21-14-11-15-22-44)35-50(37-52)62(4,5)6/h11-42H,43H2,1-10H3. The van der Waals surface area contributed by atoms with Crippen molar-refractivity contribution in [2.75, 3.05) is 16.5 Å². The first-order valence-corrected chi connectivity index (χ1v) is 24.4. The molecule has 0 amide bonds. The fourth-order valence-corrected chi connectivity index (χ4v) is 9.95. The van der Waals surface area contributed by atoms with Crippen LogP contribution >= 0.6 is 0 Å². The van der Waals surface area contributed by atoms with Gasteiger partial charge in [0.1, 0.15) is 17.3 Å². The van der Waals surface area contributed by atoms with Crippen molar-refractivity contribution in [1.29, 1.82) is 0 Å². The van der Waals surface area contributed by atoms with Gasteiger partial charge < -0.3 is 14.5 Å². The molecule has 69 heavy (non-hydrogen) atoms. The van der Waals surface area contributed by atoms with Gasteiger partial charge in [-0.1, -0.05) is 178 Å². The van der Waals surface area contributed by atoms with Crippen molar-refractivity contribution in [3.05, 3.63) is 228 Å². The Morgan fingerprint density at radius 3 is 1.77 bits per heavy atom. The van der Waals surface area contributed by atoms with Gasteiger partial charge in [0.2, 0.25) is 0 Å². The molecule has 1 aliphatic rings. The molecule has 0 N–H and O–H groups in total. The first-order chi connectivity index (χ1) is 32.9. The Labute approximate surface area is 409 Å². The van der Waals surface area contributed by atoms with Crippen LogP contribution in [0, 0.1) is 0 Å². The van der Waals surface area contributed by atoms with Crippen molar-refractivity contribution in [2.24, 2.45) is 0 Å². The van der Waals surface area contributed by atoms with E-state index in [4.69, 9.17) is 9.72 Å². The second-order valence-corrected chi connectivity index (χ2v) is 21.9. The van der Waals surface area contributed by atoms with E-state index in [1.165, 1.54) is 55.7 Å². The summed E-state index contributed by atoms with van der Waals surface area (Å²) in [6.45, 7) is 23.6. The predicted octanol–water partition coefficient (Wildman–Crippen LogP) is 16.7. The Kier molecular flexibility index (Phi) is 11.4. The lowest BCUT2D eigenvalue weighted by Gasteiger charge is -2.34. The minimum Gasteiger partial charge on any atom is -0.457 e. The van der Waals surface area contributed by atoms with Crippen LogP contribution in [0.25, 0.3) is 38.8 Å². The van der Waals surface area contributed by atoms with Gasteiger partial charge in [-0.05, 0) is 110 Å². The highest BCUT2D eigenvalue weighted by Crippen LogP contribution is 2.44. The fraction of sp³-hybridized carbons (Fsp3) is 0.234. The van der Waals surface area contributed by atoms with E-state index in [1.807, 2.05) is 6.20 Å². The third-order valence-electron chi connectivity index (χ3n) is 14.4. The average molecular weight is 905 g/mol. The highest BCUT2D eigenvalue weighted by Gasteiger charge is 2.36. The molecule has 0 spiro atoms. The summed E-state index contributed by atoms with van der Waals surface area (Å²) in [4.78, 5) is 9.92. The maximum Gasteiger partial charge on any atom is 0.137 e. The lowest BCUT2D eigenvalue weighted by Crippen LogP contribution is -2.33. The zero-order chi connectivity index (χ0) is 48.3. The highest BCUT2D eigenvalue weighted by molar-refractivity contribution is 6.09. The van der Waals surface area contributed by atoms with Gasteiger partial charge in [0.05, 0.1) is 17.7 Å². The van der Waals surface area contributed by atoms with Crippen LogP contribution in [-0.4, -0.2) is 16.2 Å². The zero-order valence-corrected chi connectivity index (χ0v) is 41.9. The maximum absolute atomic E-state index is 6.93. The molecule has 1 aliphatic heterocycles. The van der Waals surface area contributed by atoms with Crippen LogP contribution in [0.1, 0.15) is 97.1 Å². The number of anilines is 2. The van der Waals surface area contributed by atoms with Gasteiger partial charge in [-0.2, -0.15) is 0 Å². The Bertz CT molecular complexity index is 3350. The van der Waals surface area contributed by atoms with Crippen LogP contribution in [0.5, 0.6) is 11.5 Å². The molecule has 0 aliphatic carbocycles. The molecule has 5 nitrogen and oxygen atoms in total. The molecular weight excluding hydrogens is 841 g/mol. The number of nitrogens with zero attached hydrogens (tertiary/aromatic N) is 4. The van der Waals surface area contributed by atoms with E-state index in [0.29, 0.717) is 6.67 Å². The monoisotopic (exact) mass is 905 g/mol. The predicted molar refractivity (Wildman–Crippen MR) is 290 cm³/mol. The highest BCUT2D eigenvalue weighted by atomic mass is 16.5. The molecule has 0 saturated carbocycles. The minimum absolute atomic E-state index is 0.00609. The molecule has 0 radical (unpaired) electrons. The van der Waals surface area contributed by atoms with E-state index in [9.17, 15) is 0 Å². The van der Waals surface area contributed by atoms with Gasteiger partial charge in [0, 0.05) is 63.2 Å². The number of rotatable bonds is 10. The molecule has 0 bridgehead atoms. The van der Waals surface area contributed by atoms with E-state index in [0.717, 1.165) is 39.4 Å². The summed E-state index contributed by atoms with van der Waals surface area (Å²) in [5, 5.41) is 2.36. The third-order valence-corrected chi connectivity index (χ3v) is 14.4. The summed E-state index contributed by atoms with van der Waals surface area (Å²) in [5.41, 5.74) is 13.8. The number of hydrogen-bond donors (Lipinski definition) is 0. The second kappa shape index (κ2) is 17.3. The van der Waals surface area contributed by atoms with Gasteiger partial charge in [-0.3, -0.25) is 4.57 Å². The van der Waals surface area contributed by atoms with E-state index < -0.39 is 0 Å². The molecule has 0 saturated heterocycles. The van der Waals surface area contributed by atoms with E-state index in [1.54, 1.807) is 0 Å². The van der Waals surface area contributed by atoms with Crippen LogP contribution in [-0.2, 0) is 21.7 Å². The van der Waals surface area contributed by atoms with Crippen molar-refractivity contribution in [3.8, 4) is 28.4 Å². The van der Waals surface area contributed by atoms with E-state index in [-0.39, 0.29) is 21.7 Å². The number of aromatic nitrogens is 2. The topological polar surface area (TPSA) is 33.5 Å². The molecule has 2 aromatic heterocycles. The summed E-state index contributed by atoms with van der Waals surface area (Å²) >= 11 is 0. The number of ether oxygens (including phenoxy) is 1. The van der Waals surface area contributed by atoms with Gasteiger partial charge in [-0.15, -0.1) is 0 Å². The summed E-state index contributed by atoms with van der Waals surface area (Å²) in [6, 6.07) is 65.7. The van der Waals surface area contributed by atoms with E-state index in [2.05, 4.69) is 272 Å². The van der Waals surface area contributed by atoms with E-state index >= 15 is 0 Å². The second-order valence-electron chi connectivity index (χ2n) is 21.9. The molecule has 9 aromatic rings. The summed E-state index contributed by atoms with van der Waals surface area (Å²) in [5.74, 6) is 2.41. The van der Waals surface area contributed by atoms with Crippen LogP contribution in [0.15, 0.2) is 200 Å². The van der Waals surface area contributed by atoms with Crippen molar-refractivity contribution in [2.45, 2.75) is 90.9 Å². The molecule has 10 rings (SSSR count). The Morgan fingerprint density at radius 2 is 1.09 bits per heavy atom. The Balaban J connectivity index is 1.05. The van der Waals surface area contributed by atoms with Gasteiger partial charge in [-0.25, -0.2) is 4.98 Å². The van der Waals surface area contributed by atoms with Crippen molar-refractivity contribution in [3.63, 3.8) is 0 Å². The SMILES string of the molecule is CC(C)(C)c1cc(-c2ccccc2)cc(N2C=C(C(C)(C)c3ccccc3)N(c3cccc(Oc4ccc5c6cc(C(C)(C)C)ccc6n(-c6cc(C(C)(C)c7ccccc7)ccn6)c5c4)c3)C2)c1. The molecule has 3 heterocycles. The molecule has 0 fully saturated rings. The third kappa shape index (κ3) is 8.72. The molecular formula is C64H64N4O. The quantitative estimate of drug-likeness (QED) is 0.137. The fourth-order valence-electron chi connectivity index (χ4n) is 9.95. The average Bonchev–Trinajstić information content (AvgIpc) is 3.95. The number of pyridine rings is 1. The van der Waals surface area contributed by atoms with Crippen molar-refractivity contribution >= 4 is 33.2 Å². The van der Waals surface area contributed by atoms with Gasteiger partial charge in [0.15, 0.2) is 0 Å². The molecule has 5 heteroatoms. The van der Waals surface area contributed by atoms with Crippen LogP contribution in [0.3, 0.4) is 0 Å². The number of hydrogen-bond acceptors (Lipinski definition) is 4. The van der Waals surface area contributed by atoms with Crippen molar-refractivity contribution in [1.82, 2.24) is 9.55 Å².